The van der Waals surface area contributed by atoms with E-state index in [0.29, 0.717) is 13.0 Å². The van der Waals surface area contributed by atoms with Gasteiger partial charge in [-0.1, -0.05) is 175 Å². The van der Waals surface area contributed by atoms with Crippen LogP contribution in [0.5, 0.6) is 0 Å². The normalized spacial score (nSPS) is 11.4. The number of carbonyl (C=O) groups is 1. The van der Waals surface area contributed by atoms with Crippen molar-refractivity contribution in [3.05, 3.63) is 0 Å². The highest BCUT2D eigenvalue weighted by Gasteiger charge is 2.03. The van der Waals surface area contributed by atoms with E-state index in [9.17, 15) is 4.79 Å². The van der Waals surface area contributed by atoms with Crippen molar-refractivity contribution >= 4 is 5.97 Å². The Hall–Kier alpha value is -0.530. The Morgan fingerprint density at radius 2 is 0.829 bits per heavy atom. The summed E-state index contributed by atoms with van der Waals surface area (Å²) in [5.74, 6) is 0.899. The van der Waals surface area contributed by atoms with Crippen LogP contribution in [0.4, 0.5) is 0 Å². The number of rotatable bonds is 29. The summed E-state index contributed by atoms with van der Waals surface area (Å²) in [6.07, 6.45) is 35.7. The molecule has 0 radical (unpaired) electrons. The van der Waals surface area contributed by atoms with Gasteiger partial charge in [0, 0.05) is 6.42 Å². The summed E-state index contributed by atoms with van der Waals surface area (Å²) in [5.41, 5.74) is 0. The monoisotopic (exact) mass is 495 g/mol. The van der Waals surface area contributed by atoms with Gasteiger partial charge in [0.25, 0.3) is 0 Å². The second-order valence-electron chi connectivity index (χ2n) is 11.6. The van der Waals surface area contributed by atoms with Crippen molar-refractivity contribution in [2.45, 2.75) is 194 Å². The summed E-state index contributed by atoms with van der Waals surface area (Å²) in [6, 6.07) is 0. The molecule has 0 aromatic rings. The van der Waals surface area contributed by atoms with Crippen LogP contribution in [-0.2, 0) is 9.53 Å². The summed E-state index contributed by atoms with van der Waals surface area (Å²) < 4.78 is 5.42. The molecule has 0 aliphatic carbocycles. The predicted octanol–water partition coefficient (Wildman–Crippen LogP) is 11.7. The Labute approximate surface area is 222 Å². The first-order valence-electron chi connectivity index (χ1n) is 16.3. The molecule has 35 heavy (non-hydrogen) atoms. The molecule has 0 saturated carbocycles. The Morgan fingerprint density at radius 3 is 1.23 bits per heavy atom. The van der Waals surface area contributed by atoms with Crippen molar-refractivity contribution in [1.82, 2.24) is 0 Å². The zero-order chi connectivity index (χ0) is 25.7. The molecule has 0 aliphatic heterocycles. The van der Waals surface area contributed by atoms with E-state index in [1.165, 1.54) is 154 Å². The largest absolute Gasteiger partial charge is 0.466 e. The molecule has 0 rings (SSSR count). The number of carbonyl (C=O) groups excluding carboxylic acids is 1. The lowest BCUT2D eigenvalue weighted by Crippen LogP contribution is -2.05. The smallest absolute Gasteiger partial charge is 0.305 e. The van der Waals surface area contributed by atoms with E-state index in [0.717, 1.165) is 18.8 Å². The average molecular weight is 495 g/mol. The summed E-state index contributed by atoms with van der Waals surface area (Å²) in [5, 5.41) is 0. The van der Waals surface area contributed by atoms with E-state index < -0.39 is 0 Å². The number of unbranched alkanes of at least 4 members (excludes halogenated alkanes) is 23. The summed E-state index contributed by atoms with van der Waals surface area (Å²) in [6.45, 7) is 7.57. The van der Waals surface area contributed by atoms with Gasteiger partial charge in [0.05, 0.1) is 6.61 Å². The first kappa shape index (κ1) is 34.5. The van der Waals surface area contributed by atoms with E-state index in [-0.39, 0.29) is 5.97 Å². The first-order chi connectivity index (χ1) is 17.2. The minimum Gasteiger partial charge on any atom is -0.466 e. The van der Waals surface area contributed by atoms with E-state index >= 15 is 0 Å². The van der Waals surface area contributed by atoms with Crippen molar-refractivity contribution in [3.63, 3.8) is 0 Å². The molecule has 0 aliphatic rings. The fourth-order valence-electron chi connectivity index (χ4n) is 4.97. The summed E-state index contributed by atoms with van der Waals surface area (Å²) in [7, 11) is 0. The second-order valence-corrected chi connectivity index (χ2v) is 11.6. The van der Waals surface area contributed by atoms with Crippen LogP contribution in [0.1, 0.15) is 194 Å². The van der Waals surface area contributed by atoms with Crippen molar-refractivity contribution in [3.8, 4) is 0 Å². The lowest BCUT2D eigenvalue weighted by molar-refractivity contribution is -0.143. The van der Waals surface area contributed by atoms with E-state index in [1.807, 2.05) is 0 Å². The molecule has 0 saturated heterocycles. The van der Waals surface area contributed by atoms with Crippen LogP contribution in [0.25, 0.3) is 0 Å². The zero-order valence-corrected chi connectivity index (χ0v) is 24.7. The van der Waals surface area contributed by atoms with Gasteiger partial charge in [-0.2, -0.15) is 0 Å². The van der Waals surface area contributed by atoms with Gasteiger partial charge in [0.1, 0.15) is 0 Å². The highest BCUT2D eigenvalue weighted by molar-refractivity contribution is 5.69. The van der Waals surface area contributed by atoms with Crippen LogP contribution < -0.4 is 0 Å². The molecule has 0 aromatic heterocycles. The maximum atomic E-state index is 11.9. The molecule has 0 unspecified atom stereocenters. The lowest BCUT2D eigenvalue weighted by atomic mass is 10.0. The van der Waals surface area contributed by atoms with Gasteiger partial charge >= 0.3 is 5.97 Å². The molecule has 0 spiro atoms. The molecule has 0 heterocycles. The van der Waals surface area contributed by atoms with Gasteiger partial charge in [0.15, 0.2) is 0 Å². The van der Waals surface area contributed by atoms with Gasteiger partial charge in [-0.05, 0) is 18.8 Å². The summed E-state index contributed by atoms with van der Waals surface area (Å²) in [4.78, 5) is 11.9. The van der Waals surface area contributed by atoms with Crippen molar-refractivity contribution < 1.29 is 9.53 Å². The number of ether oxygens (including phenoxy) is 1. The zero-order valence-electron chi connectivity index (χ0n) is 24.7. The van der Waals surface area contributed by atoms with Crippen molar-refractivity contribution in [2.24, 2.45) is 5.92 Å². The van der Waals surface area contributed by atoms with Gasteiger partial charge < -0.3 is 4.74 Å². The molecule has 2 heteroatoms. The Bertz CT molecular complexity index is 404. The Kier molecular flexibility index (Phi) is 29.2. The highest BCUT2D eigenvalue weighted by Crippen LogP contribution is 2.15. The van der Waals surface area contributed by atoms with Crippen molar-refractivity contribution in [1.29, 1.82) is 0 Å². The van der Waals surface area contributed by atoms with Crippen LogP contribution in [0.3, 0.4) is 0 Å². The molecule has 0 fully saturated rings. The third-order valence-electron chi connectivity index (χ3n) is 7.42. The summed E-state index contributed by atoms with van der Waals surface area (Å²) >= 11 is 0. The molecule has 0 amide bonds. The van der Waals surface area contributed by atoms with Crippen LogP contribution >= 0.6 is 0 Å². The fourth-order valence-corrected chi connectivity index (χ4v) is 4.97. The van der Waals surface area contributed by atoms with Gasteiger partial charge in [-0.3, -0.25) is 4.79 Å². The van der Waals surface area contributed by atoms with E-state index in [1.54, 1.807) is 0 Å². The van der Waals surface area contributed by atoms with Crippen LogP contribution in [0.2, 0.25) is 0 Å². The van der Waals surface area contributed by atoms with Crippen molar-refractivity contribution in [2.75, 3.05) is 6.61 Å². The quantitative estimate of drug-likeness (QED) is 0.0763. The maximum absolute atomic E-state index is 11.9. The van der Waals surface area contributed by atoms with Crippen LogP contribution in [0.15, 0.2) is 0 Å². The fraction of sp³-hybridized carbons (Fsp3) is 0.970. The van der Waals surface area contributed by atoms with Crippen LogP contribution in [-0.4, -0.2) is 12.6 Å². The molecule has 2 nitrogen and oxygen atoms in total. The third-order valence-corrected chi connectivity index (χ3v) is 7.42. The number of hydrogen-bond acceptors (Lipinski definition) is 2. The minimum atomic E-state index is 0.0250. The van der Waals surface area contributed by atoms with E-state index in [4.69, 9.17) is 4.74 Å². The maximum Gasteiger partial charge on any atom is 0.305 e. The Morgan fingerprint density at radius 1 is 0.486 bits per heavy atom. The molecular weight excluding hydrogens is 428 g/mol. The first-order valence-corrected chi connectivity index (χ1v) is 16.3. The van der Waals surface area contributed by atoms with Crippen LogP contribution in [0, 0.1) is 5.92 Å². The molecule has 0 aromatic carbocycles. The van der Waals surface area contributed by atoms with Gasteiger partial charge in [0.2, 0.25) is 0 Å². The SMILES string of the molecule is CCCCCCCCCCCCCCC(=O)OCCCCCCCCCCCCCCCC(C)C. The predicted molar refractivity (Wildman–Crippen MR) is 156 cm³/mol. The number of hydrogen-bond donors (Lipinski definition) is 0. The topological polar surface area (TPSA) is 26.3 Å². The third kappa shape index (κ3) is 31.4. The van der Waals surface area contributed by atoms with Gasteiger partial charge in [-0.25, -0.2) is 0 Å². The second kappa shape index (κ2) is 29.7. The van der Waals surface area contributed by atoms with Gasteiger partial charge in [-0.15, -0.1) is 0 Å². The molecule has 0 bridgehead atoms. The standard InChI is InChI=1S/C33H66O2/c1-4-5-6-7-8-9-10-15-18-21-24-27-30-33(34)35-31-28-25-22-19-16-13-11-12-14-17-20-23-26-29-32(2)3/h32H,4-31H2,1-3H3. The number of esters is 1. The molecule has 210 valence electrons. The average Bonchev–Trinajstić information content (AvgIpc) is 2.84. The lowest BCUT2D eigenvalue weighted by Gasteiger charge is -2.06. The van der Waals surface area contributed by atoms with E-state index in [2.05, 4.69) is 20.8 Å². The molecular formula is C33H66O2. The highest BCUT2D eigenvalue weighted by atomic mass is 16.5. The minimum absolute atomic E-state index is 0.0250. The molecule has 0 N–H and O–H groups in total. The Balaban J connectivity index is 3.14. The molecule has 0 atom stereocenters.